The smallest absolute Gasteiger partial charge is 0.334 e. The van der Waals surface area contributed by atoms with Crippen LogP contribution in [0.2, 0.25) is 0 Å². The molecular weight excluding hydrogens is 666 g/mol. The monoisotopic (exact) mass is 707 g/mol. The van der Waals surface area contributed by atoms with Crippen molar-refractivity contribution in [2.45, 2.75) is 76.5 Å². The van der Waals surface area contributed by atoms with Gasteiger partial charge in [-0.05, 0) is 98.1 Å². The number of allylic oxidation sites excluding steroid dienone is 4. The quantitative estimate of drug-likeness (QED) is 0.196. The van der Waals surface area contributed by atoms with Crippen molar-refractivity contribution in [3.05, 3.63) is 130 Å². The van der Waals surface area contributed by atoms with Gasteiger partial charge in [-0.3, -0.25) is 4.79 Å². The van der Waals surface area contributed by atoms with Crippen LogP contribution >= 0.6 is 11.8 Å². The number of nitrogens with zero attached hydrogens (tertiary/aromatic N) is 3. The molecule has 4 nitrogen and oxygen atoms in total. The third kappa shape index (κ3) is 8.02. The van der Waals surface area contributed by atoms with E-state index in [2.05, 4.69) is 30.2 Å². The van der Waals surface area contributed by atoms with E-state index in [1.54, 1.807) is 6.07 Å². The highest BCUT2D eigenvalue weighted by Gasteiger charge is 2.34. The topological polar surface area (TPSA) is 26.8 Å². The second-order valence-corrected chi connectivity index (χ2v) is 14.5. The Labute approximate surface area is 295 Å². The Morgan fingerprint density at radius 1 is 0.960 bits per heavy atom. The summed E-state index contributed by atoms with van der Waals surface area (Å²) in [6, 6.07) is 17.4. The molecule has 0 atom stereocenters. The first-order valence-corrected chi connectivity index (χ1v) is 18.1. The zero-order valence-electron chi connectivity index (χ0n) is 28.4. The van der Waals surface area contributed by atoms with Gasteiger partial charge in [-0.2, -0.15) is 13.2 Å². The summed E-state index contributed by atoms with van der Waals surface area (Å²) in [5, 5.41) is 0.795. The number of benzene rings is 3. The van der Waals surface area contributed by atoms with Gasteiger partial charge in [0.15, 0.2) is 11.6 Å². The van der Waals surface area contributed by atoms with Crippen LogP contribution in [-0.4, -0.2) is 52.3 Å². The van der Waals surface area contributed by atoms with Gasteiger partial charge in [0.05, 0.1) is 10.6 Å². The van der Waals surface area contributed by atoms with E-state index in [-0.39, 0.29) is 29.8 Å². The number of likely N-dealkylation sites (tertiary alicyclic amines) is 1. The number of thioether (sulfide) groups is 1. The lowest BCUT2D eigenvalue weighted by atomic mass is 9.99. The molecule has 50 heavy (non-hydrogen) atoms. The molecule has 0 bridgehead atoms. The van der Waals surface area contributed by atoms with Crippen LogP contribution in [0.3, 0.4) is 0 Å². The van der Waals surface area contributed by atoms with E-state index in [0.717, 1.165) is 96.4 Å². The summed E-state index contributed by atoms with van der Waals surface area (Å²) in [6.07, 6.45) is 1.91. The largest absolute Gasteiger partial charge is 0.416 e. The zero-order valence-corrected chi connectivity index (χ0v) is 29.2. The van der Waals surface area contributed by atoms with Gasteiger partial charge in [-0.15, -0.1) is 11.8 Å². The summed E-state index contributed by atoms with van der Waals surface area (Å²) < 4.78 is 67.8. The van der Waals surface area contributed by atoms with E-state index in [1.165, 1.54) is 30.0 Å². The fourth-order valence-electron chi connectivity index (χ4n) is 7.14. The highest BCUT2D eigenvalue weighted by molar-refractivity contribution is 8.02. The van der Waals surface area contributed by atoms with Gasteiger partial charge < -0.3 is 14.7 Å². The van der Waals surface area contributed by atoms with Gasteiger partial charge in [0.2, 0.25) is 5.91 Å². The molecule has 2 heterocycles. The summed E-state index contributed by atoms with van der Waals surface area (Å²) in [4.78, 5) is 21.0. The van der Waals surface area contributed by atoms with E-state index in [0.29, 0.717) is 18.2 Å². The molecule has 3 aliphatic rings. The van der Waals surface area contributed by atoms with Gasteiger partial charge >= 0.3 is 6.18 Å². The maximum absolute atomic E-state index is 14.6. The van der Waals surface area contributed by atoms with Gasteiger partial charge in [0.25, 0.3) is 0 Å². The Balaban J connectivity index is 1.23. The Bertz CT molecular complexity index is 1770. The van der Waals surface area contributed by atoms with Crippen LogP contribution in [0.25, 0.3) is 11.1 Å². The average molecular weight is 708 g/mol. The molecule has 0 saturated carbocycles. The molecule has 3 aromatic rings. The molecule has 1 saturated heterocycles. The van der Waals surface area contributed by atoms with Crippen molar-refractivity contribution in [1.29, 1.82) is 0 Å². The maximum atomic E-state index is 14.6. The van der Waals surface area contributed by atoms with Gasteiger partial charge in [0.1, 0.15) is 6.54 Å². The van der Waals surface area contributed by atoms with E-state index in [1.807, 2.05) is 35.2 Å². The number of halogens is 5. The number of rotatable bonds is 10. The molecule has 1 amide bonds. The van der Waals surface area contributed by atoms with Crippen LogP contribution < -0.4 is 0 Å². The Hall–Kier alpha value is -3.89. The summed E-state index contributed by atoms with van der Waals surface area (Å²) >= 11 is 1.38. The molecule has 0 spiro atoms. The van der Waals surface area contributed by atoms with Crippen LogP contribution in [0.1, 0.15) is 62.6 Å². The van der Waals surface area contributed by atoms with Crippen molar-refractivity contribution in [2.75, 3.05) is 19.6 Å². The number of carbonyl (C=O) groups is 1. The lowest BCUT2D eigenvalue weighted by molar-refractivity contribution is -0.137. The van der Waals surface area contributed by atoms with Crippen LogP contribution in [-0.2, 0) is 23.3 Å². The van der Waals surface area contributed by atoms with Gasteiger partial charge in [-0.25, -0.2) is 8.78 Å². The van der Waals surface area contributed by atoms with Crippen molar-refractivity contribution in [3.63, 3.8) is 0 Å². The number of carbonyl (C=O) groups excluding carboxylic acids is 1. The lowest BCUT2D eigenvalue weighted by Gasteiger charge is -2.41. The second-order valence-electron chi connectivity index (χ2n) is 13.5. The summed E-state index contributed by atoms with van der Waals surface area (Å²) in [7, 11) is 0. The maximum Gasteiger partial charge on any atom is 0.416 e. The summed E-state index contributed by atoms with van der Waals surface area (Å²) in [5.74, 6) is -1.56. The van der Waals surface area contributed by atoms with Crippen molar-refractivity contribution in [3.8, 4) is 11.1 Å². The Kier molecular flexibility index (Phi) is 10.9. The molecule has 6 rings (SSSR count). The number of alkyl halides is 3. The SMILES string of the molecule is C=C1C=C(SCc2cccc(F)c2F)N(CC(=O)N(Cc2ccc(-c3ccc(C(F)(F)F)cc3)cc2)C2CCN(C(C)C)CC2)C2=C1CCC2. The fourth-order valence-corrected chi connectivity index (χ4v) is 8.22. The van der Waals surface area contributed by atoms with Crippen LogP contribution in [0.5, 0.6) is 0 Å². The average Bonchev–Trinajstić information content (AvgIpc) is 3.60. The standard InChI is InChI=1S/C40H42F5N3OS/c1-26(2)46-20-18-33(19-21-46)47(23-28-10-12-29(13-11-28)30-14-16-32(17-15-30)40(43,44)45)37(49)24-48-36-9-5-7-34(36)27(3)22-38(48)50-25-31-6-4-8-35(41)39(31)42/h4,6,8,10-17,22,26,33H,3,5,7,9,18-21,23-25H2,1-2H3. The third-order valence-corrected chi connectivity index (χ3v) is 11.1. The molecule has 0 aromatic heterocycles. The first kappa shape index (κ1) is 35.9. The van der Waals surface area contributed by atoms with Crippen molar-refractivity contribution in [2.24, 2.45) is 0 Å². The van der Waals surface area contributed by atoms with Crippen LogP contribution in [0.15, 0.2) is 101 Å². The molecule has 1 aliphatic carbocycles. The Morgan fingerprint density at radius 3 is 2.26 bits per heavy atom. The van der Waals surface area contributed by atoms with Gasteiger partial charge in [0, 0.05) is 48.7 Å². The minimum atomic E-state index is -4.39. The minimum absolute atomic E-state index is 0.0190. The molecule has 2 aliphatic heterocycles. The summed E-state index contributed by atoms with van der Waals surface area (Å²) in [6.45, 7) is 10.9. The molecule has 0 N–H and O–H groups in total. The molecule has 1 fully saturated rings. The van der Waals surface area contributed by atoms with Crippen molar-refractivity contribution < 1.29 is 26.7 Å². The van der Waals surface area contributed by atoms with Crippen LogP contribution in [0, 0.1) is 11.6 Å². The number of hydrogen-bond acceptors (Lipinski definition) is 4. The minimum Gasteiger partial charge on any atom is -0.334 e. The molecule has 0 radical (unpaired) electrons. The van der Waals surface area contributed by atoms with E-state index in [4.69, 9.17) is 0 Å². The normalized spacial score (nSPS) is 17.4. The number of piperidine rings is 1. The molecule has 10 heteroatoms. The highest BCUT2D eigenvalue weighted by Crippen LogP contribution is 2.43. The van der Waals surface area contributed by atoms with Crippen LogP contribution in [0.4, 0.5) is 22.0 Å². The Morgan fingerprint density at radius 2 is 1.62 bits per heavy atom. The van der Waals surface area contributed by atoms with Crippen molar-refractivity contribution >= 4 is 17.7 Å². The molecule has 3 aromatic carbocycles. The molecule has 264 valence electrons. The van der Waals surface area contributed by atoms with E-state index < -0.39 is 23.4 Å². The third-order valence-electron chi connectivity index (χ3n) is 10.0. The molecular formula is C40H42F5N3OS. The number of amides is 1. The van der Waals surface area contributed by atoms with Gasteiger partial charge in [-0.1, -0.05) is 55.1 Å². The first-order valence-electron chi connectivity index (χ1n) is 17.2. The fraction of sp³-hybridized carbons (Fsp3) is 0.375. The summed E-state index contributed by atoms with van der Waals surface area (Å²) in [5.41, 5.74) is 5.10. The lowest BCUT2D eigenvalue weighted by Crippen LogP contribution is -2.50. The predicted octanol–water partition coefficient (Wildman–Crippen LogP) is 9.94. The first-order chi connectivity index (χ1) is 23.9. The second kappa shape index (κ2) is 15.2. The number of hydrogen-bond donors (Lipinski definition) is 0. The van der Waals surface area contributed by atoms with Crippen molar-refractivity contribution in [1.82, 2.24) is 14.7 Å². The molecule has 0 unspecified atom stereocenters. The predicted molar refractivity (Wildman–Crippen MR) is 190 cm³/mol. The zero-order chi connectivity index (χ0) is 35.6. The highest BCUT2D eigenvalue weighted by atomic mass is 32.2. The van der Waals surface area contributed by atoms with E-state index in [9.17, 15) is 26.7 Å². The van der Waals surface area contributed by atoms with E-state index >= 15 is 0 Å².